The molecule has 0 aliphatic heterocycles. The Kier molecular flexibility index (Phi) is 3.88. The van der Waals surface area contributed by atoms with E-state index in [0.29, 0.717) is 16.5 Å². The van der Waals surface area contributed by atoms with Crippen molar-refractivity contribution >= 4 is 17.3 Å². The highest BCUT2D eigenvalue weighted by Gasteiger charge is 2.04. The first kappa shape index (κ1) is 13.2. The van der Waals surface area contributed by atoms with E-state index in [1.165, 1.54) is 12.1 Å². The Balaban J connectivity index is 2.08. The minimum atomic E-state index is -0.601. The zero-order valence-corrected chi connectivity index (χ0v) is 10.6. The molecule has 0 aromatic heterocycles. The Labute approximate surface area is 115 Å². The minimum absolute atomic E-state index is 0.0110. The van der Waals surface area contributed by atoms with Crippen LogP contribution in [-0.2, 0) is 6.61 Å². The SMILES string of the molecule is N#Cc1ccc(OCc2ccc(Cl)c(N)c2)cc1F. The lowest BCUT2D eigenvalue weighted by atomic mass is 10.2. The van der Waals surface area contributed by atoms with E-state index in [9.17, 15) is 4.39 Å². The summed E-state index contributed by atoms with van der Waals surface area (Å²) >= 11 is 5.81. The number of nitrogens with two attached hydrogens (primary N) is 1. The van der Waals surface area contributed by atoms with Crippen LogP contribution in [0.2, 0.25) is 5.02 Å². The second-order valence-corrected chi connectivity index (χ2v) is 4.31. The Morgan fingerprint density at radius 1 is 1.26 bits per heavy atom. The number of hydrogen-bond acceptors (Lipinski definition) is 3. The summed E-state index contributed by atoms with van der Waals surface area (Å²) in [7, 11) is 0. The van der Waals surface area contributed by atoms with Crippen LogP contribution in [0.25, 0.3) is 0 Å². The summed E-state index contributed by atoms with van der Waals surface area (Å²) in [5, 5.41) is 9.10. The molecule has 0 saturated heterocycles. The van der Waals surface area contributed by atoms with Crippen molar-refractivity contribution in [1.82, 2.24) is 0 Å². The first-order valence-corrected chi connectivity index (χ1v) is 5.84. The highest BCUT2D eigenvalue weighted by Crippen LogP contribution is 2.21. The third kappa shape index (κ3) is 3.15. The number of hydrogen-bond donors (Lipinski definition) is 1. The molecule has 0 saturated carbocycles. The molecule has 5 heteroatoms. The predicted octanol–water partition coefficient (Wildman–Crippen LogP) is 3.51. The van der Waals surface area contributed by atoms with Gasteiger partial charge in [0.05, 0.1) is 16.3 Å². The molecule has 96 valence electrons. The number of nitrogen functional groups attached to an aromatic ring is 1. The number of nitriles is 1. The summed E-state index contributed by atoms with van der Waals surface area (Å²) in [5.74, 6) is -0.249. The van der Waals surface area contributed by atoms with Crippen molar-refractivity contribution in [2.75, 3.05) is 5.73 Å². The fourth-order valence-electron chi connectivity index (χ4n) is 1.53. The Morgan fingerprint density at radius 3 is 2.68 bits per heavy atom. The number of ether oxygens (including phenoxy) is 1. The van der Waals surface area contributed by atoms with E-state index in [1.807, 2.05) is 0 Å². The summed E-state index contributed by atoms with van der Waals surface area (Å²) in [6, 6.07) is 11.0. The zero-order valence-electron chi connectivity index (χ0n) is 9.86. The van der Waals surface area contributed by atoms with Gasteiger partial charge in [0.1, 0.15) is 24.2 Å². The maximum Gasteiger partial charge on any atom is 0.144 e. The third-order valence-corrected chi connectivity index (χ3v) is 2.87. The molecule has 2 rings (SSSR count). The fraction of sp³-hybridized carbons (Fsp3) is 0.0714. The number of anilines is 1. The van der Waals surface area contributed by atoms with Gasteiger partial charge in [0, 0.05) is 6.07 Å². The Morgan fingerprint density at radius 2 is 2.05 bits per heavy atom. The molecule has 0 aliphatic carbocycles. The molecule has 0 spiro atoms. The van der Waals surface area contributed by atoms with Crippen molar-refractivity contribution in [2.24, 2.45) is 0 Å². The van der Waals surface area contributed by atoms with Crippen molar-refractivity contribution in [2.45, 2.75) is 6.61 Å². The molecule has 0 aliphatic rings. The smallest absolute Gasteiger partial charge is 0.144 e. The lowest BCUT2D eigenvalue weighted by Crippen LogP contribution is -1.98. The van der Waals surface area contributed by atoms with Crippen LogP contribution in [0, 0.1) is 17.1 Å². The molecule has 2 aromatic rings. The van der Waals surface area contributed by atoms with E-state index >= 15 is 0 Å². The van der Waals surface area contributed by atoms with Crippen LogP contribution in [-0.4, -0.2) is 0 Å². The number of halogens is 2. The van der Waals surface area contributed by atoms with Gasteiger partial charge in [-0.1, -0.05) is 17.7 Å². The highest BCUT2D eigenvalue weighted by atomic mass is 35.5. The van der Waals surface area contributed by atoms with Crippen LogP contribution in [0.4, 0.5) is 10.1 Å². The van der Waals surface area contributed by atoms with Crippen molar-refractivity contribution in [1.29, 1.82) is 5.26 Å². The normalized spacial score (nSPS) is 9.95. The maximum absolute atomic E-state index is 13.4. The van der Waals surface area contributed by atoms with E-state index < -0.39 is 5.82 Å². The van der Waals surface area contributed by atoms with E-state index in [4.69, 9.17) is 27.3 Å². The van der Waals surface area contributed by atoms with Gasteiger partial charge in [-0.05, 0) is 29.8 Å². The van der Waals surface area contributed by atoms with Gasteiger partial charge in [0.15, 0.2) is 0 Å². The maximum atomic E-state index is 13.4. The molecular weight excluding hydrogens is 267 g/mol. The molecule has 0 radical (unpaired) electrons. The standard InChI is InChI=1S/C14H10ClFN2O/c15-12-4-1-9(5-14(12)18)8-19-11-3-2-10(7-17)13(16)6-11/h1-6H,8,18H2. The van der Waals surface area contributed by atoms with Crippen LogP contribution < -0.4 is 10.5 Å². The molecule has 19 heavy (non-hydrogen) atoms. The second-order valence-electron chi connectivity index (χ2n) is 3.90. The van der Waals surface area contributed by atoms with Gasteiger partial charge in [-0.25, -0.2) is 4.39 Å². The van der Waals surface area contributed by atoms with Crippen LogP contribution in [0.15, 0.2) is 36.4 Å². The van der Waals surface area contributed by atoms with E-state index in [2.05, 4.69) is 0 Å². The largest absolute Gasteiger partial charge is 0.489 e. The molecule has 0 fully saturated rings. The first-order valence-electron chi connectivity index (χ1n) is 5.46. The molecule has 0 atom stereocenters. The van der Waals surface area contributed by atoms with Gasteiger partial charge in [0.25, 0.3) is 0 Å². The average molecular weight is 277 g/mol. The molecule has 0 heterocycles. The number of benzene rings is 2. The van der Waals surface area contributed by atoms with Crippen LogP contribution in [0.5, 0.6) is 5.75 Å². The lowest BCUT2D eigenvalue weighted by Gasteiger charge is -2.08. The molecule has 0 bridgehead atoms. The average Bonchev–Trinajstić information content (AvgIpc) is 2.40. The molecule has 2 aromatic carbocycles. The van der Waals surface area contributed by atoms with Crippen LogP contribution in [0.1, 0.15) is 11.1 Å². The van der Waals surface area contributed by atoms with E-state index in [1.54, 1.807) is 30.3 Å². The Hall–Kier alpha value is -2.25. The molecule has 0 amide bonds. The summed E-state index contributed by atoms with van der Waals surface area (Å²) in [6.07, 6.45) is 0. The van der Waals surface area contributed by atoms with Gasteiger partial charge in [0.2, 0.25) is 0 Å². The van der Waals surface area contributed by atoms with Gasteiger partial charge in [-0.2, -0.15) is 5.26 Å². The fourth-order valence-corrected chi connectivity index (χ4v) is 1.64. The minimum Gasteiger partial charge on any atom is -0.489 e. The van der Waals surface area contributed by atoms with Gasteiger partial charge in [-0.3, -0.25) is 0 Å². The monoisotopic (exact) mass is 276 g/mol. The van der Waals surface area contributed by atoms with E-state index in [-0.39, 0.29) is 12.2 Å². The zero-order chi connectivity index (χ0) is 13.8. The topological polar surface area (TPSA) is 59.0 Å². The molecular formula is C14H10ClFN2O. The molecule has 2 N–H and O–H groups in total. The first-order chi connectivity index (χ1) is 9.10. The number of nitrogens with zero attached hydrogens (tertiary/aromatic N) is 1. The van der Waals surface area contributed by atoms with Crippen LogP contribution in [0.3, 0.4) is 0 Å². The summed E-state index contributed by atoms with van der Waals surface area (Å²) < 4.78 is 18.8. The lowest BCUT2D eigenvalue weighted by molar-refractivity contribution is 0.304. The van der Waals surface area contributed by atoms with Gasteiger partial charge < -0.3 is 10.5 Å². The van der Waals surface area contributed by atoms with Crippen molar-refractivity contribution in [3.63, 3.8) is 0 Å². The van der Waals surface area contributed by atoms with Gasteiger partial charge in [-0.15, -0.1) is 0 Å². The quantitative estimate of drug-likeness (QED) is 0.873. The van der Waals surface area contributed by atoms with Crippen molar-refractivity contribution in [3.8, 4) is 11.8 Å². The summed E-state index contributed by atoms with van der Waals surface area (Å²) in [5.41, 5.74) is 6.95. The van der Waals surface area contributed by atoms with E-state index in [0.717, 1.165) is 5.56 Å². The molecule has 0 unspecified atom stereocenters. The van der Waals surface area contributed by atoms with Gasteiger partial charge >= 0.3 is 0 Å². The predicted molar refractivity (Wildman–Crippen MR) is 71.3 cm³/mol. The third-order valence-electron chi connectivity index (χ3n) is 2.53. The summed E-state index contributed by atoms with van der Waals surface area (Å²) in [6.45, 7) is 0.243. The second kappa shape index (κ2) is 5.59. The highest BCUT2D eigenvalue weighted by molar-refractivity contribution is 6.33. The van der Waals surface area contributed by atoms with Crippen molar-refractivity contribution in [3.05, 3.63) is 58.4 Å². The van der Waals surface area contributed by atoms with Crippen molar-refractivity contribution < 1.29 is 9.13 Å². The molecule has 3 nitrogen and oxygen atoms in total. The Bertz CT molecular complexity index is 652. The summed E-state index contributed by atoms with van der Waals surface area (Å²) in [4.78, 5) is 0. The van der Waals surface area contributed by atoms with Crippen LogP contribution >= 0.6 is 11.6 Å². The number of rotatable bonds is 3.